The van der Waals surface area contributed by atoms with Gasteiger partial charge in [-0.15, -0.1) is 0 Å². The standard InChI is InChI=1S/C26H36O18/c1-10(19(28)29)38-21(31)12(3)40-23(33)14(5)42-25(35)16(7)44-26(36)17(8)43-24(34)15(6)41-22(32)13(4)39-20(30)11(2)37-18(9)27/h10-17H,1-9H3,(H,28,29). The summed E-state index contributed by atoms with van der Waals surface area (Å²) in [5.41, 5.74) is 0. The second kappa shape index (κ2) is 18.0. The number of hydrogen-bond donors (Lipinski definition) is 1. The lowest BCUT2D eigenvalue weighted by Gasteiger charge is -2.21. The molecule has 0 bridgehead atoms. The fourth-order valence-electron chi connectivity index (χ4n) is 2.53. The van der Waals surface area contributed by atoms with E-state index in [1.54, 1.807) is 0 Å². The van der Waals surface area contributed by atoms with E-state index in [2.05, 4.69) is 9.47 Å². The van der Waals surface area contributed by atoms with Gasteiger partial charge in [0, 0.05) is 6.92 Å². The van der Waals surface area contributed by atoms with Crippen molar-refractivity contribution in [3.8, 4) is 0 Å². The van der Waals surface area contributed by atoms with E-state index in [0.717, 1.165) is 55.4 Å². The highest BCUT2D eigenvalue weighted by molar-refractivity contribution is 5.87. The molecule has 0 saturated carbocycles. The number of hydrogen-bond acceptors (Lipinski definition) is 17. The number of carboxylic acids is 1. The van der Waals surface area contributed by atoms with E-state index in [-0.39, 0.29) is 0 Å². The third-order valence-corrected chi connectivity index (χ3v) is 5.06. The molecule has 0 aliphatic heterocycles. The van der Waals surface area contributed by atoms with Gasteiger partial charge in [-0.3, -0.25) is 4.79 Å². The average Bonchev–Trinajstić information content (AvgIpc) is 2.91. The van der Waals surface area contributed by atoms with Crippen LogP contribution in [0.25, 0.3) is 0 Å². The second-order valence-electron chi connectivity index (χ2n) is 9.14. The fraction of sp³-hybridized carbons (Fsp3) is 0.654. The molecule has 0 aromatic rings. The van der Waals surface area contributed by atoms with E-state index in [9.17, 15) is 43.2 Å². The van der Waals surface area contributed by atoms with Gasteiger partial charge in [0.1, 0.15) is 0 Å². The zero-order valence-corrected chi connectivity index (χ0v) is 25.5. The first-order chi connectivity index (χ1) is 20.2. The van der Waals surface area contributed by atoms with Crippen LogP contribution >= 0.6 is 0 Å². The van der Waals surface area contributed by atoms with E-state index in [0.29, 0.717) is 0 Å². The summed E-state index contributed by atoms with van der Waals surface area (Å²) in [6.45, 7) is 9.95. The molecule has 0 spiro atoms. The molecule has 0 aliphatic rings. The predicted molar refractivity (Wildman–Crippen MR) is 138 cm³/mol. The van der Waals surface area contributed by atoms with Gasteiger partial charge < -0.3 is 43.0 Å². The molecule has 0 amide bonds. The van der Waals surface area contributed by atoms with Crippen molar-refractivity contribution in [2.24, 2.45) is 0 Å². The number of carboxylic acid groups (broad SMARTS) is 1. The zero-order chi connectivity index (χ0) is 34.5. The minimum Gasteiger partial charge on any atom is -0.479 e. The molecule has 8 unspecified atom stereocenters. The Morgan fingerprint density at radius 3 is 0.659 bits per heavy atom. The van der Waals surface area contributed by atoms with Gasteiger partial charge >= 0.3 is 53.7 Å². The molecule has 0 heterocycles. The predicted octanol–water partition coefficient (Wildman–Crippen LogP) is -0.455. The third kappa shape index (κ3) is 13.9. The van der Waals surface area contributed by atoms with Crippen molar-refractivity contribution in [1.82, 2.24) is 0 Å². The van der Waals surface area contributed by atoms with Crippen LogP contribution in [0.3, 0.4) is 0 Å². The molecule has 0 radical (unpaired) electrons. The van der Waals surface area contributed by atoms with Crippen LogP contribution < -0.4 is 0 Å². The van der Waals surface area contributed by atoms with Crippen LogP contribution in [0.5, 0.6) is 0 Å². The molecule has 0 aliphatic carbocycles. The molecule has 18 nitrogen and oxygen atoms in total. The van der Waals surface area contributed by atoms with Crippen molar-refractivity contribution in [1.29, 1.82) is 0 Å². The van der Waals surface area contributed by atoms with Gasteiger partial charge in [-0.2, -0.15) is 0 Å². The van der Waals surface area contributed by atoms with Crippen LogP contribution in [0.15, 0.2) is 0 Å². The molecule has 0 saturated heterocycles. The minimum atomic E-state index is -1.61. The van der Waals surface area contributed by atoms with Crippen LogP contribution in [0.1, 0.15) is 62.3 Å². The average molecular weight is 637 g/mol. The molecule has 44 heavy (non-hydrogen) atoms. The maximum atomic E-state index is 12.3. The summed E-state index contributed by atoms with van der Waals surface area (Å²) in [5, 5.41) is 8.76. The van der Waals surface area contributed by atoms with Crippen LogP contribution in [-0.4, -0.2) is 108 Å². The van der Waals surface area contributed by atoms with Crippen LogP contribution in [0, 0.1) is 0 Å². The molecule has 0 aromatic heterocycles. The highest BCUT2D eigenvalue weighted by Crippen LogP contribution is 2.09. The molecule has 0 fully saturated rings. The van der Waals surface area contributed by atoms with Crippen molar-refractivity contribution in [3.63, 3.8) is 0 Å². The molecule has 8 atom stereocenters. The van der Waals surface area contributed by atoms with Gasteiger partial charge in [-0.25, -0.2) is 38.4 Å². The molecular formula is C26H36O18. The smallest absolute Gasteiger partial charge is 0.347 e. The summed E-state index contributed by atoms with van der Waals surface area (Å²) in [4.78, 5) is 106. The molecule has 0 rings (SSSR count). The van der Waals surface area contributed by atoms with Gasteiger partial charge in [0.15, 0.2) is 48.8 Å². The lowest BCUT2D eigenvalue weighted by Crippen LogP contribution is -2.39. The number of ether oxygens (including phenoxy) is 8. The third-order valence-electron chi connectivity index (χ3n) is 5.06. The first-order valence-corrected chi connectivity index (χ1v) is 13.0. The summed E-state index contributed by atoms with van der Waals surface area (Å²) >= 11 is 0. The number of carbonyl (C=O) groups is 9. The first-order valence-electron chi connectivity index (χ1n) is 13.0. The van der Waals surface area contributed by atoms with Gasteiger partial charge in [0.05, 0.1) is 0 Å². The Balaban J connectivity index is 4.79. The molecule has 248 valence electrons. The van der Waals surface area contributed by atoms with E-state index in [1.165, 1.54) is 6.92 Å². The Bertz CT molecular complexity index is 1110. The van der Waals surface area contributed by atoms with Gasteiger partial charge in [-0.05, 0) is 55.4 Å². The summed E-state index contributed by atoms with van der Waals surface area (Å²) in [6.07, 6.45) is -12.2. The van der Waals surface area contributed by atoms with Crippen LogP contribution in [-0.2, 0) is 81.0 Å². The van der Waals surface area contributed by atoms with Gasteiger partial charge in [0.2, 0.25) is 0 Å². The maximum absolute atomic E-state index is 12.3. The Labute approximate surface area is 251 Å². The van der Waals surface area contributed by atoms with E-state index in [4.69, 9.17) is 33.5 Å². The molecule has 1 N–H and O–H groups in total. The van der Waals surface area contributed by atoms with Crippen molar-refractivity contribution in [2.45, 2.75) is 111 Å². The van der Waals surface area contributed by atoms with E-state index in [1.807, 2.05) is 0 Å². The van der Waals surface area contributed by atoms with Crippen LogP contribution in [0.2, 0.25) is 0 Å². The number of rotatable bonds is 16. The highest BCUT2D eigenvalue weighted by Gasteiger charge is 2.33. The number of esters is 8. The fourth-order valence-corrected chi connectivity index (χ4v) is 2.53. The van der Waals surface area contributed by atoms with Crippen LogP contribution in [0.4, 0.5) is 0 Å². The Hall–Kier alpha value is -4.77. The molecular weight excluding hydrogens is 600 g/mol. The lowest BCUT2D eigenvalue weighted by molar-refractivity contribution is -0.189. The maximum Gasteiger partial charge on any atom is 0.347 e. The van der Waals surface area contributed by atoms with E-state index >= 15 is 0 Å². The second-order valence-corrected chi connectivity index (χ2v) is 9.14. The lowest BCUT2D eigenvalue weighted by atomic mass is 10.3. The van der Waals surface area contributed by atoms with Crippen molar-refractivity contribution in [3.05, 3.63) is 0 Å². The highest BCUT2D eigenvalue weighted by atomic mass is 16.7. The normalized spacial score (nSPS) is 16.0. The Morgan fingerprint density at radius 1 is 0.341 bits per heavy atom. The summed E-state index contributed by atoms with van der Waals surface area (Å²) in [6, 6.07) is 0. The molecule has 18 heteroatoms. The summed E-state index contributed by atoms with van der Waals surface area (Å²) < 4.78 is 38.2. The first kappa shape index (κ1) is 39.2. The Kier molecular flexibility index (Phi) is 16.1. The van der Waals surface area contributed by atoms with Gasteiger partial charge in [0.25, 0.3) is 0 Å². The summed E-state index contributed by atoms with van der Waals surface area (Å²) in [7, 11) is 0. The number of carbonyl (C=O) groups excluding carboxylic acids is 8. The zero-order valence-electron chi connectivity index (χ0n) is 25.5. The SMILES string of the molecule is CC(=O)OC(C)C(=O)OC(C)C(=O)OC(C)C(=O)OC(C)C(=O)OC(C)C(=O)OC(C)C(=O)OC(C)C(=O)OC(C)C(=O)O. The topological polar surface area (TPSA) is 248 Å². The van der Waals surface area contributed by atoms with E-state index < -0.39 is 103 Å². The van der Waals surface area contributed by atoms with Gasteiger partial charge in [-0.1, -0.05) is 0 Å². The monoisotopic (exact) mass is 636 g/mol. The Morgan fingerprint density at radius 2 is 0.500 bits per heavy atom. The summed E-state index contributed by atoms with van der Waals surface area (Å²) in [5.74, 6) is -10.4. The van der Waals surface area contributed by atoms with Crippen molar-refractivity contribution in [2.75, 3.05) is 0 Å². The quantitative estimate of drug-likeness (QED) is 0.166. The van der Waals surface area contributed by atoms with Crippen molar-refractivity contribution >= 4 is 53.7 Å². The largest absolute Gasteiger partial charge is 0.479 e. The van der Waals surface area contributed by atoms with Crippen molar-refractivity contribution < 1.29 is 86.2 Å². The molecule has 0 aromatic carbocycles. The minimum absolute atomic E-state index is 0.753. The number of aliphatic carboxylic acids is 1.